The molecule has 0 fully saturated rings. The fourth-order valence-corrected chi connectivity index (χ4v) is 10.4. The molecule has 2 aromatic heterocycles. The van der Waals surface area contributed by atoms with E-state index in [9.17, 15) is 10.5 Å². The first-order chi connectivity index (χ1) is 30.5. The van der Waals surface area contributed by atoms with Crippen molar-refractivity contribution in [3.8, 4) is 34.6 Å². The van der Waals surface area contributed by atoms with E-state index in [0.29, 0.717) is 22.5 Å². The highest BCUT2D eigenvalue weighted by Gasteiger charge is 2.37. The van der Waals surface area contributed by atoms with Gasteiger partial charge in [0.05, 0.1) is 44.6 Å². The van der Waals surface area contributed by atoms with Crippen molar-refractivity contribution < 1.29 is 0 Å². The van der Waals surface area contributed by atoms with Crippen LogP contribution in [0.15, 0.2) is 188 Å². The molecule has 2 heterocycles. The molecule has 0 amide bonds. The van der Waals surface area contributed by atoms with Gasteiger partial charge in [0.15, 0.2) is 0 Å². The molecule has 5 heteroatoms. The molecule has 0 saturated carbocycles. The van der Waals surface area contributed by atoms with Crippen molar-refractivity contribution in [1.82, 2.24) is 9.13 Å². The van der Waals surface area contributed by atoms with Gasteiger partial charge in [-0.1, -0.05) is 129 Å². The number of anilines is 3. The molecule has 12 rings (SSSR count). The monoisotopic (exact) mass is 791 g/mol. The highest BCUT2D eigenvalue weighted by molar-refractivity contribution is 6.22. The number of benzene rings is 9. The first-order valence-corrected chi connectivity index (χ1v) is 21.0. The normalized spacial score (nSPS) is 12.8. The van der Waals surface area contributed by atoms with Gasteiger partial charge in [0, 0.05) is 44.0 Å². The third-order valence-electron chi connectivity index (χ3n) is 13.1. The molecule has 1 aliphatic carbocycles. The van der Waals surface area contributed by atoms with Crippen molar-refractivity contribution in [3.63, 3.8) is 0 Å². The summed E-state index contributed by atoms with van der Waals surface area (Å²) in [5, 5.41) is 28.9. The Morgan fingerprint density at radius 3 is 1.68 bits per heavy atom. The molecule has 0 bridgehead atoms. The summed E-state index contributed by atoms with van der Waals surface area (Å²) < 4.78 is 4.37. The van der Waals surface area contributed by atoms with Gasteiger partial charge in [-0.2, -0.15) is 10.5 Å². The zero-order valence-electron chi connectivity index (χ0n) is 34.1. The fourth-order valence-electron chi connectivity index (χ4n) is 10.4. The Morgan fingerprint density at radius 2 is 0.984 bits per heavy atom. The first-order valence-electron chi connectivity index (χ1n) is 21.0. The molecule has 0 aliphatic heterocycles. The molecule has 62 heavy (non-hydrogen) atoms. The van der Waals surface area contributed by atoms with Crippen molar-refractivity contribution in [2.24, 2.45) is 0 Å². The Morgan fingerprint density at radius 1 is 0.435 bits per heavy atom. The highest BCUT2D eigenvalue weighted by Crippen LogP contribution is 2.53. The predicted molar refractivity (Wildman–Crippen MR) is 254 cm³/mol. The van der Waals surface area contributed by atoms with Gasteiger partial charge in [0.25, 0.3) is 0 Å². The predicted octanol–water partition coefficient (Wildman–Crippen LogP) is 14.6. The molecule has 0 atom stereocenters. The number of nitrogens with zero attached hydrogens (tertiary/aromatic N) is 5. The average Bonchev–Trinajstić information content (AvgIpc) is 3.92. The van der Waals surface area contributed by atoms with E-state index in [-0.39, 0.29) is 5.41 Å². The van der Waals surface area contributed by atoms with Crippen LogP contribution in [-0.2, 0) is 5.41 Å². The molecule has 11 aromatic rings. The van der Waals surface area contributed by atoms with Crippen LogP contribution in [0.2, 0.25) is 0 Å². The molecule has 5 nitrogen and oxygen atoms in total. The number of para-hydroxylation sites is 3. The van der Waals surface area contributed by atoms with Gasteiger partial charge in [0.1, 0.15) is 12.1 Å². The van der Waals surface area contributed by atoms with Crippen LogP contribution >= 0.6 is 0 Å². The van der Waals surface area contributed by atoms with Crippen LogP contribution in [0, 0.1) is 22.7 Å². The Bertz CT molecular complexity index is 3700. The Labute approximate surface area is 358 Å². The van der Waals surface area contributed by atoms with Crippen LogP contribution in [0.4, 0.5) is 17.1 Å². The second-order valence-corrected chi connectivity index (χ2v) is 16.7. The molecule has 9 aromatic carbocycles. The van der Waals surface area contributed by atoms with Crippen LogP contribution in [0.25, 0.3) is 76.9 Å². The Kier molecular flexibility index (Phi) is 7.64. The molecule has 0 N–H and O–H groups in total. The largest absolute Gasteiger partial charge is 0.310 e. The zero-order valence-corrected chi connectivity index (χ0v) is 34.1. The standard InChI is InChI=1S/C57H37N5/c1-57(2)46-23-13-11-21-43(46)55-47(57)27-30-51-56(55)44-22-12-14-24-48(44)61(51)52-31-38(35-59)53(32-37(52)34-58)62-49-29-26-41(60(39-16-5-3-6-17-39)40-18-7-4-8-19-40)33-45(49)54-42-20-10-9-15-36(42)25-28-50(54)62/h3-33H,1-2H3. The number of fused-ring (bicyclic) bond motifs is 12. The number of nitriles is 2. The van der Waals surface area contributed by atoms with E-state index in [1.165, 1.54) is 22.3 Å². The molecule has 0 spiro atoms. The SMILES string of the molecule is CC1(C)c2ccccc2-c2c1ccc1c2c2ccccc2n1-c1cc(C#N)c(-n2c3ccc(N(c4ccccc4)c4ccccc4)cc3c3c4ccccc4ccc32)cc1C#N. The number of rotatable bonds is 5. The van der Waals surface area contributed by atoms with Gasteiger partial charge in [-0.05, 0) is 106 Å². The third-order valence-corrected chi connectivity index (χ3v) is 13.1. The summed E-state index contributed by atoms with van der Waals surface area (Å²) in [5.41, 5.74) is 14.2. The maximum atomic E-state index is 11.1. The van der Waals surface area contributed by atoms with Crippen molar-refractivity contribution in [2.45, 2.75) is 19.3 Å². The topological polar surface area (TPSA) is 60.7 Å². The van der Waals surface area contributed by atoms with E-state index in [0.717, 1.165) is 71.4 Å². The smallest absolute Gasteiger partial charge is 0.101 e. The quantitative estimate of drug-likeness (QED) is 0.174. The lowest BCUT2D eigenvalue weighted by atomic mass is 9.82. The van der Waals surface area contributed by atoms with Crippen molar-refractivity contribution >= 4 is 71.4 Å². The Balaban J connectivity index is 1.13. The van der Waals surface area contributed by atoms with Crippen LogP contribution in [0.5, 0.6) is 0 Å². The van der Waals surface area contributed by atoms with Gasteiger partial charge in [-0.15, -0.1) is 0 Å². The van der Waals surface area contributed by atoms with Crippen molar-refractivity contribution in [3.05, 3.63) is 210 Å². The molecule has 0 unspecified atom stereocenters. The lowest BCUT2D eigenvalue weighted by Gasteiger charge is -2.25. The van der Waals surface area contributed by atoms with E-state index in [1.54, 1.807) is 0 Å². The summed E-state index contributed by atoms with van der Waals surface area (Å²) in [7, 11) is 0. The van der Waals surface area contributed by atoms with Crippen molar-refractivity contribution in [1.29, 1.82) is 10.5 Å². The highest BCUT2D eigenvalue weighted by atomic mass is 15.1. The van der Waals surface area contributed by atoms with Crippen LogP contribution in [0.3, 0.4) is 0 Å². The van der Waals surface area contributed by atoms with E-state index in [4.69, 9.17) is 0 Å². The van der Waals surface area contributed by atoms with Gasteiger partial charge in [0.2, 0.25) is 0 Å². The lowest BCUT2D eigenvalue weighted by Crippen LogP contribution is -2.14. The molecule has 0 radical (unpaired) electrons. The minimum Gasteiger partial charge on any atom is -0.310 e. The summed E-state index contributed by atoms with van der Waals surface area (Å²) in [4.78, 5) is 2.28. The van der Waals surface area contributed by atoms with Gasteiger partial charge < -0.3 is 14.0 Å². The van der Waals surface area contributed by atoms with Gasteiger partial charge in [-0.25, -0.2) is 0 Å². The van der Waals surface area contributed by atoms with Crippen LogP contribution < -0.4 is 4.90 Å². The molecular weight excluding hydrogens is 755 g/mol. The summed E-state index contributed by atoms with van der Waals surface area (Å²) in [6.07, 6.45) is 0. The summed E-state index contributed by atoms with van der Waals surface area (Å²) >= 11 is 0. The second-order valence-electron chi connectivity index (χ2n) is 16.7. The number of hydrogen-bond donors (Lipinski definition) is 0. The first kappa shape index (κ1) is 35.6. The molecule has 0 saturated heterocycles. The second kappa shape index (κ2) is 13.3. The van der Waals surface area contributed by atoms with Crippen LogP contribution in [0.1, 0.15) is 36.1 Å². The maximum Gasteiger partial charge on any atom is 0.101 e. The minimum absolute atomic E-state index is 0.160. The lowest BCUT2D eigenvalue weighted by molar-refractivity contribution is 0.661. The van der Waals surface area contributed by atoms with Crippen molar-refractivity contribution in [2.75, 3.05) is 4.90 Å². The Hall–Kier alpha value is -8.38. The molecule has 290 valence electrons. The summed E-state index contributed by atoms with van der Waals surface area (Å²) in [6.45, 7) is 4.60. The fraction of sp³-hybridized carbons (Fsp3) is 0.0526. The summed E-state index contributed by atoms with van der Waals surface area (Å²) in [5.74, 6) is 0. The third kappa shape index (κ3) is 4.94. The van der Waals surface area contributed by atoms with E-state index in [2.05, 4.69) is 204 Å². The molecular formula is C57H37N5. The van der Waals surface area contributed by atoms with E-state index in [1.807, 2.05) is 24.3 Å². The average molecular weight is 792 g/mol. The van der Waals surface area contributed by atoms with Gasteiger partial charge in [-0.3, -0.25) is 0 Å². The number of aromatic nitrogens is 2. The number of hydrogen-bond acceptors (Lipinski definition) is 3. The van der Waals surface area contributed by atoms with Crippen LogP contribution in [-0.4, -0.2) is 9.13 Å². The maximum absolute atomic E-state index is 11.1. The molecule has 1 aliphatic rings. The summed E-state index contributed by atoms with van der Waals surface area (Å²) in [6, 6.07) is 70.8. The minimum atomic E-state index is -0.160. The van der Waals surface area contributed by atoms with E-state index >= 15 is 0 Å². The zero-order chi connectivity index (χ0) is 41.7. The van der Waals surface area contributed by atoms with Gasteiger partial charge >= 0.3 is 0 Å². The van der Waals surface area contributed by atoms with E-state index < -0.39 is 0 Å².